The molecule has 0 aliphatic heterocycles. The summed E-state index contributed by atoms with van der Waals surface area (Å²) in [7, 11) is 0. The second kappa shape index (κ2) is 20.6. The Morgan fingerprint density at radius 1 is 0.403 bits per heavy atom. The first-order chi connectivity index (χ1) is 34.7. The summed E-state index contributed by atoms with van der Waals surface area (Å²) in [4.78, 5) is 15.3. The fourth-order valence-electron chi connectivity index (χ4n) is 7.63. The molecule has 0 aliphatic carbocycles. The maximum atomic E-state index is 14.2. The first-order valence-electron chi connectivity index (χ1n) is 20.2. The Morgan fingerprint density at radius 2 is 0.662 bits per heavy atom. The molecule has 0 bridgehead atoms. The SMILES string of the molecule is FC(F)(F)c1cc([B-](c2cc(C(F)(F)F)cc(C(F)(F)F)c2)(c2cc(C(F)(F)F)cc(C(F)(F)F)c2)c2cc(C(F)(F)F)cc(C(F)(F)F)c2)cc(C(F)(F)F)c1.O=C(C[n+]1ccnc(OC(F)(F)F)c1)c1ccccc1. The lowest BCUT2D eigenvalue weighted by atomic mass is 9.12. The molecule has 77 heavy (non-hydrogen) atoms. The van der Waals surface area contributed by atoms with E-state index in [1.165, 1.54) is 10.8 Å². The highest BCUT2D eigenvalue weighted by atomic mass is 19.4. The average molecular weight is 1150 g/mol. The molecule has 5 aromatic carbocycles. The summed E-state index contributed by atoms with van der Waals surface area (Å²) >= 11 is 0. The summed E-state index contributed by atoms with van der Waals surface area (Å²) in [6, 6.07) is -0.347. The van der Waals surface area contributed by atoms with Crippen molar-refractivity contribution in [3.8, 4) is 5.88 Å². The van der Waals surface area contributed by atoms with Crippen molar-refractivity contribution in [1.29, 1.82) is 0 Å². The fraction of sp³-hybridized carbons (Fsp3) is 0.222. The Hall–Kier alpha value is -7.18. The molecule has 0 N–H and O–H groups in total. The molecule has 0 atom stereocenters. The van der Waals surface area contributed by atoms with Gasteiger partial charge >= 0.3 is 55.8 Å². The molecular weight excluding hydrogens is 1120 g/mol. The van der Waals surface area contributed by atoms with E-state index in [2.05, 4.69) is 9.72 Å². The highest BCUT2D eigenvalue weighted by Gasteiger charge is 2.47. The molecule has 6 aromatic rings. The van der Waals surface area contributed by atoms with E-state index < -0.39 is 207 Å². The van der Waals surface area contributed by atoms with Crippen LogP contribution in [0.15, 0.2) is 122 Å². The van der Waals surface area contributed by atoms with Crippen molar-refractivity contribution in [3.05, 3.63) is 172 Å². The number of ketones is 1. The van der Waals surface area contributed by atoms with E-state index in [4.69, 9.17) is 0 Å². The van der Waals surface area contributed by atoms with Crippen LogP contribution < -0.4 is 31.2 Å². The molecule has 0 amide bonds. The standard InChI is InChI=1S/C32H12BF24.C13H10F3N2O2/c34-25(35,36)13-1-14(26(37,38)39)6-21(5-13)33(22-7-15(27(40,41)42)2-16(8-22)28(43,44)45,23-9-17(29(46,47)48)3-18(10-23)30(49,50)51)24-11-19(31(52,53)54)4-20(12-24)32(55,56)57;14-13(15,16)20-12-9-18(7-6-17-12)8-11(19)10-4-2-1-3-5-10/h1-12H;1-7,9H,8H2/q-1;+1. The highest BCUT2D eigenvalue weighted by Crippen LogP contribution is 2.41. The van der Waals surface area contributed by atoms with Crippen molar-refractivity contribution in [1.82, 2.24) is 4.98 Å². The molecule has 0 spiro atoms. The van der Waals surface area contributed by atoms with Crippen LogP contribution in [0.5, 0.6) is 5.88 Å². The van der Waals surface area contributed by atoms with E-state index in [-0.39, 0.29) is 12.3 Å². The molecule has 0 radical (unpaired) electrons. The molecule has 0 aliphatic rings. The normalized spacial score (nSPS) is 13.5. The number of halogens is 27. The minimum Gasteiger partial charge on any atom is -0.382 e. The largest absolute Gasteiger partial charge is 0.574 e. The Morgan fingerprint density at radius 3 is 0.896 bits per heavy atom. The number of Topliss-reactive ketones (excluding diaryl/α,β-unsaturated/α-hetero) is 1. The lowest BCUT2D eigenvalue weighted by Crippen LogP contribution is -2.75. The van der Waals surface area contributed by atoms with Crippen molar-refractivity contribution < 1.29 is 133 Å². The van der Waals surface area contributed by atoms with E-state index >= 15 is 0 Å². The van der Waals surface area contributed by atoms with Crippen LogP contribution in [0.25, 0.3) is 0 Å². The minimum absolute atomic E-state index is 0.0965. The summed E-state index contributed by atoms with van der Waals surface area (Å²) in [6.45, 7) is -0.0965. The van der Waals surface area contributed by atoms with Crippen LogP contribution in [0.2, 0.25) is 0 Å². The van der Waals surface area contributed by atoms with E-state index in [9.17, 15) is 123 Å². The van der Waals surface area contributed by atoms with Gasteiger partial charge in [-0.1, -0.05) is 78.9 Å². The molecule has 1 aromatic heterocycles. The first-order valence-corrected chi connectivity index (χ1v) is 20.2. The number of carbonyl (C=O) groups excluding carboxylic acids is 1. The Balaban J connectivity index is 0.000000455. The smallest absolute Gasteiger partial charge is 0.382 e. The lowest BCUT2D eigenvalue weighted by Gasteiger charge is -2.46. The monoisotopic (exact) mass is 1150 g/mol. The predicted molar refractivity (Wildman–Crippen MR) is 212 cm³/mol. The zero-order valence-corrected chi connectivity index (χ0v) is 36.7. The van der Waals surface area contributed by atoms with Gasteiger partial charge in [0.15, 0.2) is 6.20 Å². The quantitative estimate of drug-likeness (QED) is 0.0660. The summed E-state index contributed by atoms with van der Waals surface area (Å²) in [5, 5.41) is 0. The number of hydrogen-bond acceptors (Lipinski definition) is 3. The third-order valence-corrected chi connectivity index (χ3v) is 10.8. The molecule has 416 valence electrons. The van der Waals surface area contributed by atoms with Crippen LogP contribution in [0, 0.1) is 0 Å². The van der Waals surface area contributed by atoms with Crippen LogP contribution in [0.1, 0.15) is 54.9 Å². The molecule has 4 nitrogen and oxygen atoms in total. The van der Waals surface area contributed by atoms with Crippen molar-refractivity contribution in [3.63, 3.8) is 0 Å². The van der Waals surface area contributed by atoms with Crippen LogP contribution in [0.4, 0.5) is 119 Å². The topological polar surface area (TPSA) is 43.1 Å². The second-order valence-corrected chi connectivity index (χ2v) is 16.1. The van der Waals surface area contributed by atoms with Crippen molar-refractivity contribution in [2.45, 2.75) is 62.3 Å². The maximum Gasteiger partial charge on any atom is 0.574 e. The van der Waals surface area contributed by atoms with Gasteiger partial charge < -0.3 is 4.74 Å². The predicted octanol–water partition coefficient (Wildman–Crippen LogP) is 13.4. The van der Waals surface area contributed by atoms with E-state index in [1.807, 2.05) is 0 Å². The van der Waals surface area contributed by atoms with Gasteiger partial charge in [0.1, 0.15) is 6.15 Å². The number of rotatable bonds is 8. The number of benzene rings is 5. The maximum absolute atomic E-state index is 14.2. The molecule has 32 heteroatoms. The number of ether oxygens (including phenoxy) is 1. The molecule has 0 unspecified atom stereocenters. The Labute approximate surface area is 411 Å². The average Bonchev–Trinajstić information content (AvgIpc) is 3.27. The van der Waals surface area contributed by atoms with E-state index in [0.29, 0.717) is 5.56 Å². The first kappa shape index (κ1) is 60.7. The molecule has 0 fully saturated rings. The van der Waals surface area contributed by atoms with E-state index in [0.717, 1.165) is 12.4 Å². The molecule has 0 saturated carbocycles. The van der Waals surface area contributed by atoms with Gasteiger partial charge in [0.2, 0.25) is 18.5 Å². The van der Waals surface area contributed by atoms with Crippen LogP contribution in [0.3, 0.4) is 0 Å². The Bertz CT molecular complexity index is 2650. The minimum atomic E-state index is -6.13. The second-order valence-electron chi connectivity index (χ2n) is 16.1. The van der Waals surface area contributed by atoms with Crippen LogP contribution in [-0.2, 0) is 56.0 Å². The summed E-state index contributed by atoms with van der Waals surface area (Å²) < 4.78 is 382. The fourth-order valence-corrected chi connectivity index (χ4v) is 7.63. The van der Waals surface area contributed by atoms with Gasteiger partial charge in [-0.05, 0) is 24.3 Å². The number of nitrogens with zero attached hydrogens (tertiary/aromatic N) is 2. The lowest BCUT2D eigenvalue weighted by molar-refractivity contribution is -0.684. The molecular formula is C45H22BF27N2O2. The summed E-state index contributed by atoms with van der Waals surface area (Å²) in [6.07, 6.45) is -56.1. The van der Waals surface area contributed by atoms with Crippen molar-refractivity contribution in [2.75, 3.05) is 0 Å². The van der Waals surface area contributed by atoms with Gasteiger partial charge in [-0.15, -0.1) is 13.2 Å². The van der Waals surface area contributed by atoms with Gasteiger partial charge in [0.05, 0.1) is 50.7 Å². The van der Waals surface area contributed by atoms with Gasteiger partial charge in [-0.3, -0.25) is 4.79 Å². The molecule has 1 heterocycles. The van der Waals surface area contributed by atoms with Crippen LogP contribution >= 0.6 is 0 Å². The number of alkyl halides is 27. The third kappa shape index (κ3) is 14.9. The summed E-state index contributed by atoms with van der Waals surface area (Å²) in [5.41, 5.74) is -29.7. The van der Waals surface area contributed by atoms with Crippen molar-refractivity contribution in [2.24, 2.45) is 0 Å². The van der Waals surface area contributed by atoms with Gasteiger partial charge in [0, 0.05) is 5.56 Å². The van der Waals surface area contributed by atoms with Crippen LogP contribution in [-0.4, -0.2) is 23.3 Å². The Kier molecular flexibility index (Phi) is 16.3. The number of hydrogen-bond donors (Lipinski definition) is 0. The number of aromatic nitrogens is 2. The zero-order valence-electron chi connectivity index (χ0n) is 36.7. The molecule has 6 rings (SSSR count). The summed E-state index contributed by atoms with van der Waals surface area (Å²) in [5.74, 6) is -0.833. The van der Waals surface area contributed by atoms with Gasteiger partial charge in [-0.25, -0.2) is 4.98 Å². The number of carbonyl (C=O) groups is 1. The van der Waals surface area contributed by atoms with Crippen molar-refractivity contribution >= 4 is 33.8 Å². The van der Waals surface area contributed by atoms with Gasteiger partial charge in [0.25, 0.3) is 5.88 Å². The molecule has 0 saturated heterocycles. The van der Waals surface area contributed by atoms with Gasteiger partial charge in [-0.2, -0.15) is 132 Å². The highest BCUT2D eigenvalue weighted by molar-refractivity contribution is 7.20. The zero-order chi connectivity index (χ0) is 58.5. The third-order valence-electron chi connectivity index (χ3n) is 10.8. The van der Waals surface area contributed by atoms with E-state index in [1.54, 1.807) is 30.3 Å².